The van der Waals surface area contributed by atoms with E-state index in [0.29, 0.717) is 5.92 Å². The minimum absolute atomic E-state index is 0.710. The van der Waals surface area contributed by atoms with Gasteiger partial charge in [-0.05, 0) is 72.9 Å². The molecular formula is C18H21N. The lowest BCUT2D eigenvalue weighted by molar-refractivity contribution is 1.04. The summed E-state index contributed by atoms with van der Waals surface area (Å²) in [5, 5.41) is 0. The van der Waals surface area contributed by atoms with E-state index in [9.17, 15) is 0 Å². The fraction of sp³-hybridized carbons (Fsp3) is 0.333. The average molecular weight is 251 g/mol. The molecule has 0 amide bonds. The van der Waals surface area contributed by atoms with E-state index >= 15 is 0 Å². The van der Waals surface area contributed by atoms with E-state index in [0.717, 1.165) is 12.1 Å². The Labute approximate surface area is 115 Å². The second-order valence-corrected chi connectivity index (χ2v) is 5.73. The van der Waals surface area contributed by atoms with E-state index in [2.05, 4.69) is 44.2 Å². The van der Waals surface area contributed by atoms with Gasteiger partial charge in [0.15, 0.2) is 0 Å². The van der Waals surface area contributed by atoms with E-state index in [4.69, 9.17) is 5.73 Å². The van der Waals surface area contributed by atoms with Crippen molar-refractivity contribution in [1.82, 2.24) is 0 Å². The van der Waals surface area contributed by atoms with Crippen LogP contribution in [0.1, 0.15) is 46.6 Å². The normalized spacial score (nSPS) is 14.6. The Hall–Kier alpha value is -1.76. The van der Waals surface area contributed by atoms with Crippen molar-refractivity contribution >= 4 is 5.69 Å². The molecule has 98 valence electrons. The Kier molecular flexibility index (Phi) is 3.06. The molecule has 1 heteroatoms. The van der Waals surface area contributed by atoms with Crippen LogP contribution in [0.15, 0.2) is 36.4 Å². The first-order valence-corrected chi connectivity index (χ1v) is 7.09. The van der Waals surface area contributed by atoms with Crippen molar-refractivity contribution in [3.05, 3.63) is 64.2 Å². The first-order chi connectivity index (χ1) is 9.16. The number of rotatable bonds is 3. The molecule has 1 aliphatic carbocycles. The molecule has 3 rings (SSSR count). The molecule has 1 nitrogen and oxygen atoms in total. The molecule has 0 aromatic heterocycles. The van der Waals surface area contributed by atoms with Crippen LogP contribution >= 0.6 is 0 Å². The fourth-order valence-electron chi connectivity index (χ4n) is 2.87. The second kappa shape index (κ2) is 4.73. The fourth-order valence-corrected chi connectivity index (χ4v) is 2.87. The lowest BCUT2D eigenvalue weighted by Crippen LogP contribution is -2.01. The zero-order chi connectivity index (χ0) is 13.4. The topological polar surface area (TPSA) is 26.0 Å². The van der Waals surface area contributed by atoms with Crippen molar-refractivity contribution in [3.8, 4) is 0 Å². The molecule has 0 atom stereocenters. The monoisotopic (exact) mass is 251 g/mol. The number of hydrogen-bond donors (Lipinski definition) is 1. The molecule has 0 saturated heterocycles. The van der Waals surface area contributed by atoms with Gasteiger partial charge in [-0.25, -0.2) is 0 Å². The van der Waals surface area contributed by atoms with Crippen LogP contribution in [0.2, 0.25) is 0 Å². The highest BCUT2D eigenvalue weighted by molar-refractivity contribution is 5.55. The molecule has 1 saturated carbocycles. The summed E-state index contributed by atoms with van der Waals surface area (Å²) in [7, 11) is 0. The van der Waals surface area contributed by atoms with Crippen LogP contribution in [-0.4, -0.2) is 0 Å². The van der Waals surface area contributed by atoms with Crippen molar-refractivity contribution in [1.29, 1.82) is 0 Å². The number of anilines is 1. The summed E-state index contributed by atoms with van der Waals surface area (Å²) >= 11 is 0. The number of hydrogen-bond acceptors (Lipinski definition) is 1. The van der Waals surface area contributed by atoms with Gasteiger partial charge in [-0.3, -0.25) is 0 Å². The summed E-state index contributed by atoms with van der Waals surface area (Å²) in [6, 6.07) is 12.9. The van der Waals surface area contributed by atoms with Crippen molar-refractivity contribution in [2.45, 2.75) is 39.0 Å². The van der Waals surface area contributed by atoms with Crippen LogP contribution in [0.25, 0.3) is 0 Å². The molecular weight excluding hydrogens is 230 g/mol. The average Bonchev–Trinajstić information content (AvgIpc) is 3.19. The van der Waals surface area contributed by atoms with Crippen molar-refractivity contribution in [2.75, 3.05) is 5.73 Å². The molecule has 19 heavy (non-hydrogen) atoms. The minimum atomic E-state index is 0.710. The van der Waals surface area contributed by atoms with Crippen LogP contribution in [0.4, 0.5) is 5.69 Å². The summed E-state index contributed by atoms with van der Waals surface area (Å²) in [5.74, 6) is 0.710. The largest absolute Gasteiger partial charge is 0.398 e. The van der Waals surface area contributed by atoms with Gasteiger partial charge < -0.3 is 5.73 Å². The predicted molar refractivity (Wildman–Crippen MR) is 81.6 cm³/mol. The predicted octanol–water partition coefficient (Wildman–Crippen LogP) is 4.35. The molecule has 0 heterocycles. The maximum Gasteiger partial charge on any atom is 0.0352 e. The van der Waals surface area contributed by atoms with Gasteiger partial charge in [-0.2, -0.15) is 0 Å². The van der Waals surface area contributed by atoms with Crippen molar-refractivity contribution in [3.63, 3.8) is 0 Å². The molecule has 1 aliphatic rings. The smallest absolute Gasteiger partial charge is 0.0352 e. The van der Waals surface area contributed by atoms with Gasteiger partial charge in [0.25, 0.3) is 0 Å². The van der Waals surface area contributed by atoms with Crippen molar-refractivity contribution < 1.29 is 0 Å². The molecule has 2 aromatic carbocycles. The minimum Gasteiger partial charge on any atom is -0.398 e. The van der Waals surface area contributed by atoms with Gasteiger partial charge >= 0.3 is 0 Å². The first kappa shape index (κ1) is 12.3. The Morgan fingerprint density at radius 2 is 1.68 bits per heavy atom. The Morgan fingerprint density at radius 3 is 2.42 bits per heavy atom. The summed E-state index contributed by atoms with van der Waals surface area (Å²) in [5.41, 5.74) is 14.2. The zero-order valence-corrected chi connectivity index (χ0v) is 11.7. The number of nitrogen functional groups attached to an aromatic ring is 1. The van der Waals surface area contributed by atoms with Crippen LogP contribution in [0.5, 0.6) is 0 Å². The zero-order valence-electron chi connectivity index (χ0n) is 11.7. The SMILES string of the molecule is Cc1cccc(Cc2cccc(N)c2C2CC2)c1C. The third-order valence-electron chi connectivity index (χ3n) is 4.31. The number of aryl methyl sites for hydroxylation is 1. The van der Waals surface area contributed by atoms with E-state index in [1.165, 1.54) is 40.7 Å². The molecule has 2 aromatic rings. The molecule has 0 spiro atoms. The van der Waals surface area contributed by atoms with Crippen LogP contribution in [0.3, 0.4) is 0 Å². The Morgan fingerprint density at radius 1 is 1.00 bits per heavy atom. The maximum atomic E-state index is 6.18. The molecule has 2 N–H and O–H groups in total. The third-order valence-corrected chi connectivity index (χ3v) is 4.31. The van der Waals surface area contributed by atoms with E-state index in [-0.39, 0.29) is 0 Å². The Balaban J connectivity index is 1.99. The highest BCUT2D eigenvalue weighted by atomic mass is 14.6. The highest BCUT2D eigenvalue weighted by Crippen LogP contribution is 2.44. The van der Waals surface area contributed by atoms with E-state index in [1.54, 1.807) is 0 Å². The summed E-state index contributed by atoms with van der Waals surface area (Å²) in [6.45, 7) is 4.40. The molecule has 0 radical (unpaired) electrons. The lowest BCUT2D eigenvalue weighted by atomic mass is 9.92. The lowest BCUT2D eigenvalue weighted by Gasteiger charge is -2.14. The molecule has 1 fully saturated rings. The summed E-state index contributed by atoms with van der Waals surface area (Å²) in [4.78, 5) is 0. The molecule has 0 unspecified atom stereocenters. The summed E-state index contributed by atoms with van der Waals surface area (Å²) < 4.78 is 0. The van der Waals surface area contributed by atoms with Gasteiger partial charge in [0.2, 0.25) is 0 Å². The quantitative estimate of drug-likeness (QED) is 0.806. The van der Waals surface area contributed by atoms with Crippen LogP contribution < -0.4 is 5.73 Å². The van der Waals surface area contributed by atoms with E-state index in [1.807, 2.05) is 6.07 Å². The van der Waals surface area contributed by atoms with Gasteiger partial charge in [-0.1, -0.05) is 30.3 Å². The highest BCUT2D eigenvalue weighted by Gasteiger charge is 2.27. The van der Waals surface area contributed by atoms with Gasteiger partial charge in [0.1, 0.15) is 0 Å². The molecule has 0 aliphatic heterocycles. The second-order valence-electron chi connectivity index (χ2n) is 5.73. The third kappa shape index (κ3) is 2.37. The van der Waals surface area contributed by atoms with Crippen LogP contribution in [0, 0.1) is 13.8 Å². The van der Waals surface area contributed by atoms with Gasteiger partial charge in [-0.15, -0.1) is 0 Å². The molecule has 0 bridgehead atoms. The maximum absolute atomic E-state index is 6.18. The Bertz CT molecular complexity index is 609. The summed E-state index contributed by atoms with van der Waals surface area (Å²) in [6.07, 6.45) is 3.60. The van der Waals surface area contributed by atoms with Gasteiger partial charge in [0.05, 0.1) is 0 Å². The van der Waals surface area contributed by atoms with Crippen molar-refractivity contribution in [2.24, 2.45) is 0 Å². The standard InChI is InChI=1S/C18H21N/c1-12-5-3-6-15(13(12)2)11-16-7-4-8-17(19)18(16)14-9-10-14/h3-8,14H,9-11,19H2,1-2H3. The first-order valence-electron chi connectivity index (χ1n) is 7.09. The number of nitrogens with two attached hydrogens (primary N) is 1. The number of benzene rings is 2. The van der Waals surface area contributed by atoms with Crippen LogP contribution in [-0.2, 0) is 6.42 Å². The van der Waals surface area contributed by atoms with E-state index < -0.39 is 0 Å². The van der Waals surface area contributed by atoms with Gasteiger partial charge in [0, 0.05) is 5.69 Å².